The quantitative estimate of drug-likeness (QED) is 0.0268. The third-order valence-corrected chi connectivity index (χ3v) is 9.16. The fraction of sp³-hybridized carbons (Fsp3) is 0.660. The molecule has 0 saturated heterocycles. The van der Waals surface area contributed by atoms with Gasteiger partial charge in [-0.3, -0.25) is 14.4 Å². The number of esters is 3. The Kier molecular flexibility index (Phi) is 41.6. The molecule has 1 unspecified atom stereocenters. The van der Waals surface area contributed by atoms with Gasteiger partial charge in [0.1, 0.15) is 13.2 Å². The lowest BCUT2D eigenvalue weighted by Gasteiger charge is -2.18. The van der Waals surface area contributed by atoms with Gasteiger partial charge in [-0.05, 0) is 77.0 Å². The highest BCUT2D eigenvalue weighted by Crippen LogP contribution is 2.12. The molecule has 0 aromatic carbocycles. The number of allylic oxidation sites excluding steroid dienone is 14. The summed E-state index contributed by atoms with van der Waals surface area (Å²) in [5.74, 6) is -0.950. The molecule has 0 bridgehead atoms. The number of rotatable bonds is 39. The second-order valence-corrected chi connectivity index (χ2v) is 14.6. The maximum absolute atomic E-state index is 12.6. The van der Waals surface area contributed by atoms with E-state index < -0.39 is 6.10 Å². The molecule has 0 rings (SSSR count). The van der Waals surface area contributed by atoms with Crippen LogP contribution < -0.4 is 0 Å². The summed E-state index contributed by atoms with van der Waals surface area (Å²) in [6.45, 7) is 6.35. The predicted octanol–water partition coefficient (Wildman–Crippen LogP) is 14.5. The fourth-order valence-corrected chi connectivity index (χ4v) is 5.77. The molecular formula is C50H82O6. The average molecular weight is 779 g/mol. The molecule has 0 radical (unpaired) electrons. The van der Waals surface area contributed by atoms with Crippen LogP contribution in [-0.4, -0.2) is 37.2 Å². The van der Waals surface area contributed by atoms with Gasteiger partial charge >= 0.3 is 17.9 Å². The highest BCUT2D eigenvalue weighted by atomic mass is 16.6. The largest absolute Gasteiger partial charge is 0.462 e. The zero-order valence-electron chi connectivity index (χ0n) is 36.1. The van der Waals surface area contributed by atoms with Crippen molar-refractivity contribution in [1.29, 1.82) is 0 Å². The molecule has 6 nitrogen and oxygen atoms in total. The van der Waals surface area contributed by atoms with E-state index in [2.05, 4.69) is 106 Å². The molecule has 318 valence electrons. The van der Waals surface area contributed by atoms with Crippen molar-refractivity contribution < 1.29 is 28.6 Å². The third kappa shape index (κ3) is 41.7. The van der Waals surface area contributed by atoms with E-state index in [1.165, 1.54) is 38.5 Å². The molecule has 56 heavy (non-hydrogen) atoms. The Morgan fingerprint density at radius 1 is 0.375 bits per heavy atom. The summed E-state index contributed by atoms with van der Waals surface area (Å²) in [4.78, 5) is 37.3. The Morgan fingerprint density at radius 3 is 1.09 bits per heavy atom. The number of hydrogen-bond acceptors (Lipinski definition) is 6. The zero-order valence-corrected chi connectivity index (χ0v) is 36.1. The van der Waals surface area contributed by atoms with E-state index in [0.717, 1.165) is 116 Å². The van der Waals surface area contributed by atoms with Crippen LogP contribution in [0.5, 0.6) is 0 Å². The molecule has 6 heteroatoms. The number of ether oxygens (including phenoxy) is 3. The molecule has 0 amide bonds. The van der Waals surface area contributed by atoms with E-state index in [-0.39, 0.29) is 31.1 Å². The zero-order chi connectivity index (χ0) is 40.8. The van der Waals surface area contributed by atoms with Crippen LogP contribution >= 0.6 is 0 Å². The SMILES string of the molecule is CC/C=C\C/C=C\C/C=C\C/C=C\C/C=C\C/C=C\C/C=C\CCCCCC(=O)OCC(COC(=O)CCCCCCC)OC(=O)CCCCCCCCCC. The molecule has 0 aliphatic carbocycles. The van der Waals surface area contributed by atoms with Crippen LogP contribution in [0.25, 0.3) is 0 Å². The van der Waals surface area contributed by atoms with Gasteiger partial charge < -0.3 is 14.2 Å². The van der Waals surface area contributed by atoms with Crippen molar-refractivity contribution in [3.8, 4) is 0 Å². The fourth-order valence-electron chi connectivity index (χ4n) is 5.77. The molecule has 0 heterocycles. The van der Waals surface area contributed by atoms with Crippen LogP contribution in [0, 0.1) is 0 Å². The first kappa shape index (κ1) is 52.6. The van der Waals surface area contributed by atoms with Crippen LogP contribution in [0.2, 0.25) is 0 Å². The van der Waals surface area contributed by atoms with Gasteiger partial charge in [-0.1, -0.05) is 183 Å². The molecule has 0 aliphatic rings. The number of hydrogen-bond donors (Lipinski definition) is 0. The van der Waals surface area contributed by atoms with Crippen LogP contribution in [0.3, 0.4) is 0 Å². The molecule has 0 saturated carbocycles. The highest BCUT2D eigenvalue weighted by Gasteiger charge is 2.19. The highest BCUT2D eigenvalue weighted by molar-refractivity contribution is 5.71. The van der Waals surface area contributed by atoms with E-state index >= 15 is 0 Å². The molecule has 0 fully saturated rings. The van der Waals surface area contributed by atoms with E-state index in [4.69, 9.17) is 14.2 Å². The number of carbonyl (C=O) groups excluding carboxylic acids is 3. The molecule has 0 spiro atoms. The maximum atomic E-state index is 12.6. The number of carbonyl (C=O) groups is 3. The van der Waals surface area contributed by atoms with Gasteiger partial charge in [0, 0.05) is 19.3 Å². The average Bonchev–Trinajstić information content (AvgIpc) is 3.19. The van der Waals surface area contributed by atoms with Crippen molar-refractivity contribution >= 4 is 17.9 Å². The Hall–Kier alpha value is -3.41. The Labute approximate surface area is 344 Å². The topological polar surface area (TPSA) is 78.9 Å². The molecular weight excluding hydrogens is 697 g/mol. The predicted molar refractivity (Wildman–Crippen MR) is 237 cm³/mol. The van der Waals surface area contributed by atoms with Crippen molar-refractivity contribution in [1.82, 2.24) is 0 Å². The lowest BCUT2D eigenvalue weighted by Crippen LogP contribution is -2.30. The van der Waals surface area contributed by atoms with Gasteiger partial charge in [-0.15, -0.1) is 0 Å². The van der Waals surface area contributed by atoms with E-state index in [1.54, 1.807) is 0 Å². The lowest BCUT2D eigenvalue weighted by atomic mass is 10.1. The second kappa shape index (κ2) is 44.3. The molecule has 0 aromatic rings. The summed E-state index contributed by atoms with van der Waals surface area (Å²) in [7, 11) is 0. The summed E-state index contributed by atoms with van der Waals surface area (Å²) in [6, 6.07) is 0. The summed E-state index contributed by atoms with van der Waals surface area (Å²) in [5.41, 5.74) is 0. The normalized spacial score (nSPS) is 12.8. The van der Waals surface area contributed by atoms with Gasteiger partial charge in [0.25, 0.3) is 0 Å². The smallest absolute Gasteiger partial charge is 0.306 e. The monoisotopic (exact) mass is 779 g/mol. The van der Waals surface area contributed by atoms with Gasteiger partial charge in [-0.2, -0.15) is 0 Å². The summed E-state index contributed by atoms with van der Waals surface area (Å²) in [5, 5.41) is 0. The maximum Gasteiger partial charge on any atom is 0.306 e. The summed E-state index contributed by atoms with van der Waals surface area (Å²) in [6.07, 6.45) is 56.1. The minimum Gasteiger partial charge on any atom is -0.462 e. The van der Waals surface area contributed by atoms with Crippen LogP contribution in [0.15, 0.2) is 85.1 Å². The summed E-state index contributed by atoms with van der Waals surface area (Å²) < 4.78 is 16.5. The van der Waals surface area contributed by atoms with E-state index in [0.29, 0.717) is 19.3 Å². The minimum absolute atomic E-state index is 0.0881. The van der Waals surface area contributed by atoms with Crippen LogP contribution in [0.4, 0.5) is 0 Å². The van der Waals surface area contributed by atoms with Crippen molar-refractivity contribution in [3.63, 3.8) is 0 Å². The second-order valence-electron chi connectivity index (χ2n) is 14.6. The minimum atomic E-state index is -0.782. The Bertz CT molecular complexity index is 1120. The van der Waals surface area contributed by atoms with Crippen molar-refractivity contribution in [2.45, 2.75) is 200 Å². The standard InChI is InChI=1S/C50H82O6/c1-4-7-10-13-15-17-18-19-20-21-22-23-24-25-26-27-28-29-30-31-32-33-35-37-40-43-49(52)55-46-47(45-54-48(51)42-39-36-12-9-6-3)56-50(53)44-41-38-34-16-14-11-8-5-2/h7,10,15,17,19-20,22-23,25-26,28-29,31-32,47H,4-6,8-9,11-14,16,18,21,24,27,30,33-46H2,1-3H3/b10-7-,17-15-,20-19-,23-22-,26-25-,29-28-,32-31-. The third-order valence-electron chi connectivity index (χ3n) is 9.16. The van der Waals surface area contributed by atoms with Gasteiger partial charge in [0.2, 0.25) is 0 Å². The Morgan fingerprint density at radius 2 is 0.696 bits per heavy atom. The van der Waals surface area contributed by atoms with E-state index in [1.807, 2.05) is 0 Å². The van der Waals surface area contributed by atoms with Crippen molar-refractivity contribution in [2.75, 3.05) is 13.2 Å². The lowest BCUT2D eigenvalue weighted by molar-refractivity contribution is -0.167. The first-order valence-corrected chi connectivity index (χ1v) is 22.6. The molecule has 0 aromatic heterocycles. The number of unbranched alkanes of at least 4 members (excludes halogenated alkanes) is 14. The molecule has 0 N–H and O–H groups in total. The molecule has 0 aliphatic heterocycles. The van der Waals surface area contributed by atoms with Crippen LogP contribution in [0.1, 0.15) is 194 Å². The van der Waals surface area contributed by atoms with Gasteiger partial charge in [0.05, 0.1) is 0 Å². The molecule has 1 atom stereocenters. The Balaban J connectivity index is 4.19. The van der Waals surface area contributed by atoms with Crippen molar-refractivity contribution in [3.05, 3.63) is 85.1 Å². The first-order chi connectivity index (χ1) is 27.5. The van der Waals surface area contributed by atoms with E-state index in [9.17, 15) is 14.4 Å². The van der Waals surface area contributed by atoms with Gasteiger partial charge in [0.15, 0.2) is 6.10 Å². The summed E-state index contributed by atoms with van der Waals surface area (Å²) >= 11 is 0. The van der Waals surface area contributed by atoms with Crippen LogP contribution in [-0.2, 0) is 28.6 Å². The first-order valence-electron chi connectivity index (χ1n) is 22.6. The van der Waals surface area contributed by atoms with Crippen molar-refractivity contribution in [2.24, 2.45) is 0 Å². The van der Waals surface area contributed by atoms with Gasteiger partial charge in [-0.25, -0.2) is 0 Å².